The third-order valence-corrected chi connectivity index (χ3v) is 3.16. The van der Waals surface area contributed by atoms with Gasteiger partial charge in [0.25, 0.3) is 17.4 Å². The second-order valence-corrected chi connectivity index (χ2v) is 4.61. The van der Waals surface area contributed by atoms with Crippen LogP contribution in [0.25, 0.3) is 0 Å². The van der Waals surface area contributed by atoms with Gasteiger partial charge in [0.15, 0.2) is 5.76 Å². The molecule has 0 saturated carbocycles. The Morgan fingerprint density at radius 2 is 2.10 bits per heavy atom. The van der Waals surface area contributed by atoms with Crippen LogP contribution in [0, 0.1) is 17.0 Å². The molecule has 8 heteroatoms. The third-order valence-electron chi connectivity index (χ3n) is 3.16. The summed E-state index contributed by atoms with van der Waals surface area (Å²) in [6.45, 7) is 1.79. The summed E-state index contributed by atoms with van der Waals surface area (Å²) in [6.07, 6.45) is 0. The Kier molecular flexibility index (Phi) is 2.79. The molecule has 3 rings (SSSR count). The zero-order valence-electron chi connectivity index (χ0n) is 10.9. The van der Waals surface area contributed by atoms with E-state index in [1.165, 1.54) is 17.0 Å². The number of carbonyl (C=O) groups is 2. The van der Waals surface area contributed by atoms with Gasteiger partial charge in [0, 0.05) is 18.2 Å². The molecule has 0 spiro atoms. The summed E-state index contributed by atoms with van der Waals surface area (Å²) in [7, 11) is 0. The number of carbonyl (C=O) groups excluding carboxylic acids is 2. The molecule has 1 aliphatic heterocycles. The van der Waals surface area contributed by atoms with Crippen LogP contribution in [0.4, 0.5) is 11.4 Å². The molecule has 1 aliphatic rings. The number of nitro benzene ring substituents is 1. The molecule has 0 unspecified atom stereocenters. The average molecular weight is 287 g/mol. The number of nitro groups is 1. The fraction of sp³-hybridized carbons (Fsp3) is 0.154. The molecule has 0 atom stereocenters. The molecule has 0 saturated heterocycles. The summed E-state index contributed by atoms with van der Waals surface area (Å²) in [5, 5.41) is 14.4. The van der Waals surface area contributed by atoms with Crippen LogP contribution in [0.1, 0.15) is 21.8 Å². The van der Waals surface area contributed by atoms with Crippen molar-refractivity contribution < 1.29 is 19.0 Å². The minimum absolute atomic E-state index is 0.0328. The first kappa shape index (κ1) is 13.0. The summed E-state index contributed by atoms with van der Waals surface area (Å²) in [5.74, 6) is -1.07. The van der Waals surface area contributed by atoms with Crippen molar-refractivity contribution in [3.8, 4) is 0 Å². The largest absolute Gasteiger partial charge is 0.359 e. The summed E-state index contributed by atoms with van der Waals surface area (Å²) in [5.41, 5.74) is 0.800. The maximum absolute atomic E-state index is 12.0. The highest BCUT2D eigenvalue weighted by atomic mass is 16.6. The van der Waals surface area contributed by atoms with Crippen molar-refractivity contribution in [3.05, 3.63) is 51.4 Å². The van der Waals surface area contributed by atoms with Gasteiger partial charge in [0.05, 0.1) is 28.4 Å². The number of nitrogens with zero attached hydrogens (tertiary/aromatic N) is 3. The zero-order valence-corrected chi connectivity index (χ0v) is 10.9. The van der Waals surface area contributed by atoms with Crippen molar-refractivity contribution >= 4 is 23.1 Å². The molecule has 1 amide bonds. The Morgan fingerprint density at radius 3 is 2.71 bits per heavy atom. The molecule has 0 N–H and O–H groups in total. The van der Waals surface area contributed by atoms with E-state index in [-0.39, 0.29) is 17.8 Å². The topological polar surface area (TPSA) is 107 Å². The van der Waals surface area contributed by atoms with Crippen molar-refractivity contribution in [2.45, 2.75) is 13.5 Å². The lowest BCUT2D eigenvalue weighted by Gasteiger charge is -2.13. The lowest BCUT2D eigenvalue weighted by Crippen LogP contribution is -2.28. The van der Waals surface area contributed by atoms with Gasteiger partial charge in [-0.15, -0.1) is 0 Å². The van der Waals surface area contributed by atoms with E-state index in [1.807, 2.05) is 0 Å². The molecule has 106 valence electrons. The molecule has 2 heterocycles. The predicted octanol–water partition coefficient (Wildman–Crippen LogP) is 1.62. The minimum atomic E-state index is -0.759. The van der Waals surface area contributed by atoms with Gasteiger partial charge >= 0.3 is 0 Å². The Labute approximate surface area is 118 Å². The van der Waals surface area contributed by atoms with Crippen molar-refractivity contribution in [1.82, 2.24) is 5.16 Å². The van der Waals surface area contributed by atoms with Gasteiger partial charge in [0.1, 0.15) is 0 Å². The third kappa shape index (κ3) is 2.06. The Hall–Kier alpha value is -3.03. The second-order valence-electron chi connectivity index (χ2n) is 4.61. The smallest absolute Gasteiger partial charge is 0.299 e. The molecular weight excluding hydrogens is 278 g/mol. The van der Waals surface area contributed by atoms with Crippen LogP contribution in [0.5, 0.6) is 0 Å². The van der Waals surface area contributed by atoms with Crippen molar-refractivity contribution in [2.24, 2.45) is 0 Å². The van der Waals surface area contributed by atoms with Crippen LogP contribution < -0.4 is 4.90 Å². The Bertz CT molecular complexity index is 780. The molecule has 0 bridgehead atoms. The number of anilines is 1. The maximum atomic E-state index is 12.0. The molecule has 0 aliphatic carbocycles. The highest BCUT2D eigenvalue weighted by Gasteiger charge is 2.37. The highest BCUT2D eigenvalue weighted by molar-refractivity contribution is 6.52. The first-order chi connectivity index (χ1) is 9.97. The number of amides is 1. The van der Waals surface area contributed by atoms with E-state index >= 15 is 0 Å². The summed E-state index contributed by atoms with van der Waals surface area (Å²) < 4.78 is 5.02. The van der Waals surface area contributed by atoms with E-state index in [0.717, 1.165) is 6.07 Å². The van der Waals surface area contributed by atoms with Crippen LogP contribution in [-0.2, 0) is 11.3 Å². The number of aryl methyl sites for hydroxylation is 1. The highest BCUT2D eigenvalue weighted by Crippen LogP contribution is 2.33. The second kappa shape index (κ2) is 4.51. The van der Waals surface area contributed by atoms with E-state index in [0.29, 0.717) is 17.1 Å². The zero-order chi connectivity index (χ0) is 15.1. The number of hydrogen-bond acceptors (Lipinski definition) is 6. The van der Waals surface area contributed by atoms with Crippen molar-refractivity contribution in [3.63, 3.8) is 0 Å². The SMILES string of the molecule is Cc1cc(CN2C(=O)C(=O)c3cc([N+](=O)[O-])ccc32)on1. The average Bonchev–Trinajstić information content (AvgIpc) is 2.96. The molecule has 8 nitrogen and oxygen atoms in total. The summed E-state index contributed by atoms with van der Waals surface area (Å²) in [4.78, 5) is 35.3. The monoisotopic (exact) mass is 287 g/mol. The molecule has 21 heavy (non-hydrogen) atoms. The van der Waals surface area contributed by atoms with E-state index in [1.54, 1.807) is 13.0 Å². The predicted molar refractivity (Wildman–Crippen MR) is 69.9 cm³/mol. The molecule has 0 fully saturated rings. The maximum Gasteiger partial charge on any atom is 0.299 e. The number of fused-ring (bicyclic) bond motifs is 1. The number of benzene rings is 1. The molecular formula is C13H9N3O5. The molecule has 0 radical (unpaired) electrons. The van der Waals surface area contributed by atoms with Crippen LogP contribution in [-0.4, -0.2) is 21.8 Å². The Balaban J connectivity index is 2.00. The van der Waals surface area contributed by atoms with Crippen molar-refractivity contribution in [2.75, 3.05) is 4.90 Å². The fourth-order valence-corrected chi connectivity index (χ4v) is 2.21. The van der Waals surface area contributed by atoms with Gasteiger partial charge in [-0.1, -0.05) is 5.16 Å². The number of non-ortho nitro benzene ring substituents is 1. The quantitative estimate of drug-likeness (QED) is 0.482. The van der Waals surface area contributed by atoms with Gasteiger partial charge in [-0.05, 0) is 13.0 Å². The van der Waals surface area contributed by atoms with Gasteiger partial charge < -0.3 is 4.52 Å². The number of hydrogen-bond donors (Lipinski definition) is 0. The van der Waals surface area contributed by atoms with E-state index in [2.05, 4.69) is 5.16 Å². The first-order valence-corrected chi connectivity index (χ1v) is 6.04. The van der Waals surface area contributed by atoms with Crippen LogP contribution in [0.2, 0.25) is 0 Å². The number of rotatable bonds is 3. The lowest BCUT2D eigenvalue weighted by molar-refractivity contribution is -0.384. The number of Topliss-reactive ketones (excluding diaryl/α,β-unsaturated/α-hetero) is 1. The molecule has 1 aromatic heterocycles. The van der Waals surface area contributed by atoms with Gasteiger partial charge in [-0.2, -0.15) is 0 Å². The van der Waals surface area contributed by atoms with Crippen molar-refractivity contribution in [1.29, 1.82) is 0 Å². The summed E-state index contributed by atoms with van der Waals surface area (Å²) >= 11 is 0. The first-order valence-electron chi connectivity index (χ1n) is 6.04. The summed E-state index contributed by atoms with van der Waals surface area (Å²) in [6, 6.07) is 5.41. The van der Waals surface area contributed by atoms with Gasteiger partial charge in [-0.25, -0.2) is 0 Å². The van der Waals surface area contributed by atoms with E-state index in [9.17, 15) is 19.7 Å². The van der Waals surface area contributed by atoms with Crippen LogP contribution >= 0.6 is 0 Å². The van der Waals surface area contributed by atoms with Crippen LogP contribution in [0.15, 0.2) is 28.8 Å². The number of ketones is 1. The molecule has 2 aromatic rings. The minimum Gasteiger partial charge on any atom is -0.359 e. The number of aromatic nitrogens is 1. The van der Waals surface area contributed by atoms with E-state index < -0.39 is 16.6 Å². The van der Waals surface area contributed by atoms with Gasteiger partial charge in [-0.3, -0.25) is 24.6 Å². The van der Waals surface area contributed by atoms with E-state index in [4.69, 9.17) is 4.52 Å². The van der Waals surface area contributed by atoms with Crippen LogP contribution in [0.3, 0.4) is 0 Å². The standard InChI is InChI=1S/C13H9N3O5/c1-7-4-9(21-14-7)6-15-11-3-2-8(16(19)20)5-10(11)12(17)13(15)18/h2-5H,6H2,1H3. The Morgan fingerprint density at radius 1 is 1.33 bits per heavy atom. The fourth-order valence-electron chi connectivity index (χ4n) is 2.21. The van der Waals surface area contributed by atoms with Gasteiger partial charge in [0.2, 0.25) is 0 Å². The normalized spacial score (nSPS) is 13.7. The molecule has 1 aromatic carbocycles. The lowest BCUT2D eigenvalue weighted by atomic mass is 10.1.